The molecule has 16 heavy (non-hydrogen) atoms. The zero-order valence-corrected chi connectivity index (χ0v) is 10.1. The second-order valence-electron chi connectivity index (χ2n) is 5.08. The summed E-state index contributed by atoms with van der Waals surface area (Å²) in [5.41, 5.74) is 1.22. The molecular weight excluding hydrogens is 200 g/mol. The summed E-state index contributed by atoms with van der Waals surface area (Å²) in [5, 5.41) is 9.58. The van der Waals surface area contributed by atoms with Gasteiger partial charge in [-0.3, -0.25) is 0 Å². The van der Waals surface area contributed by atoms with Gasteiger partial charge in [0, 0.05) is 6.61 Å². The van der Waals surface area contributed by atoms with E-state index in [1.54, 1.807) is 7.11 Å². The van der Waals surface area contributed by atoms with Crippen molar-refractivity contribution in [2.24, 2.45) is 11.3 Å². The van der Waals surface area contributed by atoms with Crippen LogP contribution >= 0.6 is 0 Å². The van der Waals surface area contributed by atoms with Crippen LogP contribution in [0.1, 0.15) is 25.3 Å². The molecule has 2 nitrogen and oxygen atoms in total. The van der Waals surface area contributed by atoms with Gasteiger partial charge in [0.25, 0.3) is 0 Å². The van der Waals surface area contributed by atoms with E-state index in [4.69, 9.17) is 4.74 Å². The van der Waals surface area contributed by atoms with Gasteiger partial charge in [-0.15, -0.1) is 0 Å². The first-order valence-electron chi connectivity index (χ1n) is 5.92. The number of aliphatic hydroxyl groups is 1. The minimum Gasteiger partial charge on any atom is -0.496 e. The fraction of sp³-hybridized carbons (Fsp3) is 0.571. The predicted molar refractivity (Wildman–Crippen MR) is 64.6 cm³/mol. The molecule has 2 rings (SSSR count). The van der Waals surface area contributed by atoms with E-state index in [2.05, 4.69) is 13.0 Å². The number of ether oxygens (including phenoxy) is 1. The maximum absolute atomic E-state index is 9.58. The van der Waals surface area contributed by atoms with Gasteiger partial charge in [-0.25, -0.2) is 0 Å². The van der Waals surface area contributed by atoms with Gasteiger partial charge in [0.2, 0.25) is 0 Å². The normalized spacial score (nSPS) is 19.2. The smallest absolute Gasteiger partial charge is 0.122 e. The second kappa shape index (κ2) is 4.46. The molecule has 1 aromatic rings. The van der Waals surface area contributed by atoms with Crippen LogP contribution in [0.3, 0.4) is 0 Å². The van der Waals surface area contributed by atoms with Gasteiger partial charge in [-0.2, -0.15) is 0 Å². The van der Waals surface area contributed by atoms with Gasteiger partial charge in [0.05, 0.1) is 7.11 Å². The van der Waals surface area contributed by atoms with Crippen LogP contribution in [0.15, 0.2) is 24.3 Å². The van der Waals surface area contributed by atoms with Crippen LogP contribution in [0.2, 0.25) is 0 Å². The monoisotopic (exact) mass is 220 g/mol. The van der Waals surface area contributed by atoms with E-state index >= 15 is 0 Å². The number of hydrogen-bond acceptors (Lipinski definition) is 2. The van der Waals surface area contributed by atoms with Crippen molar-refractivity contribution in [2.75, 3.05) is 13.7 Å². The van der Waals surface area contributed by atoms with Crippen molar-refractivity contribution in [3.63, 3.8) is 0 Å². The van der Waals surface area contributed by atoms with E-state index in [1.165, 1.54) is 18.4 Å². The molecule has 1 atom stereocenters. The van der Waals surface area contributed by atoms with Crippen LogP contribution in [0.25, 0.3) is 0 Å². The first kappa shape index (κ1) is 11.5. The summed E-state index contributed by atoms with van der Waals surface area (Å²) in [7, 11) is 1.70. The molecule has 1 fully saturated rings. The van der Waals surface area contributed by atoms with Crippen molar-refractivity contribution in [3.8, 4) is 5.75 Å². The summed E-state index contributed by atoms with van der Waals surface area (Å²) in [4.78, 5) is 0. The SMILES string of the molecule is COc1ccccc1CC(C)(CO)C1CC1. The van der Waals surface area contributed by atoms with Crippen molar-refractivity contribution in [2.45, 2.75) is 26.2 Å². The van der Waals surface area contributed by atoms with E-state index in [-0.39, 0.29) is 12.0 Å². The lowest BCUT2D eigenvalue weighted by molar-refractivity contribution is 0.119. The summed E-state index contributed by atoms with van der Waals surface area (Å²) in [6, 6.07) is 8.09. The molecule has 0 heterocycles. The summed E-state index contributed by atoms with van der Waals surface area (Å²) >= 11 is 0. The van der Waals surface area contributed by atoms with Crippen LogP contribution < -0.4 is 4.74 Å². The lowest BCUT2D eigenvalue weighted by atomic mass is 9.79. The van der Waals surface area contributed by atoms with E-state index < -0.39 is 0 Å². The number of rotatable bonds is 5. The van der Waals surface area contributed by atoms with Gasteiger partial charge in [0.1, 0.15) is 5.75 Å². The van der Waals surface area contributed by atoms with E-state index in [0.29, 0.717) is 5.92 Å². The zero-order valence-electron chi connectivity index (χ0n) is 10.1. The maximum Gasteiger partial charge on any atom is 0.122 e. The summed E-state index contributed by atoms with van der Waals surface area (Å²) in [6.45, 7) is 2.44. The minimum absolute atomic E-state index is 0.0225. The van der Waals surface area contributed by atoms with Crippen LogP contribution in [0.4, 0.5) is 0 Å². The summed E-state index contributed by atoms with van der Waals surface area (Å²) < 4.78 is 5.35. The Morgan fingerprint density at radius 2 is 2.06 bits per heavy atom. The Kier molecular flexibility index (Phi) is 3.20. The van der Waals surface area contributed by atoms with E-state index in [0.717, 1.165) is 12.2 Å². The number of aliphatic hydroxyl groups excluding tert-OH is 1. The van der Waals surface area contributed by atoms with Crippen LogP contribution in [-0.2, 0) is 6.42 Å². The Bertz CT molecular complexity index is 358. The Morgan fingerprint density at radius 3 is 2.62 bits per heavy atom. The van der Waals surface area contributed by atoms with Crippen molar-refractivity contribution in [3.05, 3.63) is 29.8 Å². The highest BCUT2D eigenvalue weighted by molar-refractivity contribution is 5.34. The molecule has 0 aromatic heterocycles. The highest BCUT2D eigenvalue weighted by Crippen LogP contribution is 2.47. The second-order valence-corrected chi connectivity index (χ2v) is 5.08. The van der Waals surface area contributed by atoms with Crippen molar-refractivity contribution in [1.82, 2.24) is 0 Å². The molecule has 0 bridgehead atoms. The number of methoxy groups -OCH3 is 1. The molecule has 88 valence electrons. The van der Waals surface area contributed by atoms with Crippen LogP contribution in [0, 0.1) is 11.3 Å². The molecule has 1 aliphatic rings. The van der Waals surface area contributed by atoms with Gasteiger partial charge in [0.15, 0.2) is 0 Å². The quantitative estimate of drug-likeness (QED) is 0.826. The first-order valence-corrected chi connectivity index (χ1v) is 5.92. The Balaban J connectivity index is 2.18. The number of para-hydroxylation sites is 1. The lowest BCUT2D eigenvalue weighted by Crippen LogP contribution is -2.27. The van der Waals surface area contributed by atoms with Crippen LogP contribution in [0.5, 0.6) is 5.75 Å². The zero-order chi connectivity index (χ0) is 11.6. The molecule has 0 radical (unpaired) electrons. The average molecular weight is 220 g/mol. The molecule has 0 saturated heterocycles. The lowest BCUT2D eigenvalue weighted by Gasteiger charge is -2.28. The summed E-state index contributed by atoms with van der Waals surface area (Å²) in [5.74, 6) is 1.62. The largest absolute Gasteiger partial charge is 0.496 e. The third kappa shape index (κ3) is 2.22. The number of benzene rings is 1. The topological polar surface area (TPSA) is 29.5 Å². The molecule has 1 unspecified atom stereocenters. The molecule has 1 aromatic carbocycles. The fourth-order valence-corrected chi connectivity index (χ4v) is 2.39. The molecule has 0 amide bonds. The standard InChI is InChI=1S/C14H20O2/c1-14(10-15,12-7-8-12)9-11-5-3-4-6-13(11)16-2/h3-6,12,15H,7-10H2,1-2H3. The van der Waals surface area contributed by atoms with Gasteiger partial charge in [-0.1, -0.05) is 25.1 Å². The molecule has 0 spiro atoms. The molecule has 1 aliphatic carbocycles. The van der Waals surface area contributed by atoms with Gasteiger partial charge < -0.3 is 9.84 Å². The van der Waals surface area contributed by atoms with Crippen LogP contribution in [-0.4, -0.2) is 18.8 Å². The molecule has 1 saturated carbocycles. The Morgan fingerprint density at radius 1 is 1.38 bits per heavy atom. The van der Waals surface area contributed by atoms with Crippen molar-refractivity contribution in [1.29, 1.82) is 0 Å². The maximum atomic E-state index is 9.58. The molecular formula is C14H20O2. The third-order valence-corrected chi connectivity index (χ3v) is 3.71. The van der Waals surface area contributed by atoms with Crippen molar-refractivity contribution < 1.29 is 9.84 Å². The van der Waals surface area contributed by atoms with Crippen molar-refractivity contribution >= 4 is 0 Å². The third-order valence-electron chi connectivity index (χ3n) is 3.71. The molecule has 2 heteroatoms. The van der Waals surface area contributed by atoms with Gasteiger partial charge in [-0.05, 0) is 42.2 Å². The molecule has 0 aliphatic heterocycles. The Hall–Kier alpha value is -1.02. The number of hydrogen-bond donors (Lipinski definition) is 1. The first-order chi connectivity index (χ1) is 7.69. The average Bonchev–Trinajstić information content (AvgIpc) is 3.14. The highest BCUT2D eigenvalue weighted by Gasteiger charge is 2.41. The van der Waals surface area contributed by atoms with E-state index in [9.17, 15) is 5.11 Å². The molecule has 1 N–H and O–H groups in total. The fourth-order valence-electron chi connectivity index (χ4n) is 2.39. The highest BCUT2D eigenvalue weighted by atomic mass is 16.5. The Labute approximate surface area is 97.3 Å². The predicted octanol–water partition coefficient (Wildman–Crippen LogP) is 2.65. The van der Waals surface area contributed by atoms with Gasteiger partial charge >= 0.3 is 0 Å². The summed E-state index contributed by atoms with van der Waals surface area (Å²) in [6.07, 6.45) is 3.41. The van der Waals surface area contributed by atoms with E-state index in [1.807, 2.05) is 18.2 Å². The minimum atomic E-state index is 0.0225.